The number of hydrogen-bond donors (Lipinski definition) is 1. The number of halogens is 2. The molecule has 0 radical (unpaired) electrons. The fourth-order valence-corrected chi connectivity index (χ4v) is 3.60. The Morgan fingerprint density at radius 2 is 1.83 bits per heavy atom. The summed E-state index contributed by atoms with van der Waals surface area (Å²) in [6, 6.07) is 11.0. The normalized spacial score (nSPS) is 11.8. The van der Waals surface area contributed by atoms with E-state index >= 15 is 0 Å². The van der Waals surface area contributed by atoms with E-state index in [1.54, 1.807) is 12.1 Å². The molecule has 0 spiro atoms. The highest BCUT2D eigenvalue weighted by molar-refractivity contribution is 9.10. The zero-order valence-electron chi connectivity index (χ0n) is 17.7. The first-order valence-electron chi connectivity index (χ1n) is 9.94. The minimum atomic E-state index is -0.650. The van der Waals surface area contributed by atoms with E-state index in [1.807, 2.05) is 25.1 Å². The highest BCUT2D eigenvalue weighted by atomic mass is 79.9. The molecule has 30 heavy (non-hydrogen) atoms. The summed E-state index contributed by atoms with van der Waals surface area (Å²) in [5.74, 6) is 0.00145. The summed E-state index contributed by atoms with van der Waals surface area (Å²) in [4.78, 5) is 26.9. The van der Waals surface area contributed by atoms with Crippen LogP contribution in [-0.2, 0) is 16.1 Å². The van der Waals surface area contributed by atoms with Gasteiger partial charge in [0.15, 0.2) is 6.61 Å². The van der Waals surface area contributed by atoms with Gasteiger partial charge in [0.2, 0.25) is 5.91 Å². The van der Waals surface area contributed by atoms with Crippen molar-refractivity contribution in [3.05, 3.63) is 63.9 Å². The first-order chi connectivity index (χ1) is 14.3. The van der Waals surface area contributed by atoms with E-state index in [1.165, 1.54) is 24.1 Å². The van der Waals surface area contributed by atoms with E-state index in [4.69, 9.17) is 4.74 Å². The number of benzene rings is 2. The van der Waals surface area contributed by atoms with Crippen LogP contribution in [0.15, 0.2) is 46.9 Å². The van der Waals surface area contributed by atoms with Crippen molar-refractivity contribution in [1.29, 1.82) is 0 Å². The molecular weight excluding hydrogens is 451 g/mol. The van der Waals surface area contributed by atoms with E-state index in [-0.39, 0.29) is 30.8 Å². The Hall–Kier alpha value is -2.41. The summed E-state index contributed by atoms with van der Waals surface area (Å²) in [5, 5.41) is 2.60. The molecule has 0 saturated heterocycles. The van der Waals surface area contributed by atoms with Gasteiger partial charge in [-0.3, -0.25) is 9.59 Å². The Kier molecular flexibility index (Phi) is 8.84. The molecule has 0 aromatic heterocycles. The SMILES string of the molecule is CCC(C(=O)NC)N(Cc1ccc(F)cc1)C(=O)COc1ccc(C(C)C)cc1Br. The second kappa shape index (κ2) is 11.1. The van der Waals surface area contributed by atoms with Crippen molar-refractivity contribution >= 4 is 27.7 Å². The van der Waals surface area contributed by atoms with Crippen LogP contribution >= 0.6 is 15.9 Å². The van der Waals surface area contributed by atoms with Gasteiger partial charge in [-0.1, -0.05) is 39.0 Å². The van der Waals surface area contributed by atoms with Crippen molar-refractivity contribution in [3.8, 4) is 5.75 Å². The zero-order valence-corrected chi connectivity index (χ0v) is 19.3. The molecule has 2 amide bonds. The third kappa shape index (κ3) is 6.29. The second-order valence-corrected chi connectivity index (χ2v) is 8.17. The summed E-state index contributed by atoms with van der Waals surface area (Å²) in [5.41, 5.74) is 1.89. The molecular formula is C23H28BrFN2O3. The van der Waals surface area contributed by atoms with Crippen LogP contribution in [0.4, 0.5) is 4.39 Å². The Balaban J connectivity index is 2.19. The van der Waals surface area contributed by atoms with Gasteiger partial charge in [-0.05, 0) is 63.7 Å². The Morgan fingerprint density at radius 3 is 2.37 bits per heavy atom. The number of carbonyl (C=O) groups excluding carboxylic acids is 2. The van der Waals surface area contributed by atoms with E-state index < -0.39 is 6.04 Å². The number of nitrogens with zero attached hydrogens (tertiary/aromatic N) is 1. The van der Waals surface area contributed by atoms with Crippen LogP contribution in [0.5, 0.6) is 5.75 Å². The van der Waals surface area contributed by atoms with E-state index in [0.29, 0.717) is 18.1 Å². The number of likely N-dealkylation sites (N-methyl/N-ethyl adjacent to an activating group) is 1. The molecule has 0 aliphatic rings. The summed E-state index contributed by atoms with van der Waals surface area (Å²) >= 11 is 3.49. The van der Waals surface area contributed by atoms with E-state index in [9.17, 15) is 14.0 Å². The van der Waals surface area contributed by atoms with Gasteiger partial charge >= 0.3 is 0 Å². The molecule has 2 aromatic rings. The fraction of sp³-hybridized carbons (Fsp3) is 0.391. The zero-order chi connectivity index (χ0) is 22.3. The van der Waals surface area contributed by atoms with Crippen molar-refractivity contribution in [2.75, 3.05) is 13.7 Å². The van der Waals surface area contributed by atoms with Gasteiger partial charge in [-0.2, -0.15) is 0 Å². The van der Waals surface area contributed by atoms with Gasteiger partial charge in [0, 0.05) is 13.6 Å². The van der Waals surface area contributed by atoms with Gasteiger partial charge < -0.3 is 15.0 Å². The van der Waals surface area contributed by atoms with Crippen molar-refractivity contribution < 1.29 is 18.7 Å². The van der Waals surface area contributed by atoms with Gasteiger partial charge in [0.05, 0.1) is 4.47 Å². The highest BCUT2D eigenvalue weighted by Crippen LogP contribution is 2.29. The van der Waals surface area contributed by atoms with Crippen LogP contribution in [0.1, 0.15) is 44.2 Å². The first-order valence-corrected chi connectivity index (χ1v) is 10.7. The predicted octanol–water partition coefficient (Wildman–Crippen LogP) is 4.64. The van der Waals surface area contributed by atoms with Gasteiger partial charge in [-0.15, -0.1) is 0 Å². The monoisotopic (exact) mass is 478 g/mol. The van der Waals surface area contributed by atoms with Crippen molar-refractivity contribution in [2.24, 2.45) is 0 Å². The Bertz CT molecular complexity index is 871. The Labute approximate surface area is 185 Å². The molecule has 1 atom stereocenters. The van der Waals surface area contributed by atoms with Gasteiger partial charge in [0.1, 0.15) is 17.6 Å². The van der Waals surface area contributed by atoms with E-state index in [0.717, 1.165) is 15.6 Å². The number of rotatable bonds is 9. The van der Waals surface area contributed by atoms with E-state index in [2.05, 4.69) is 35.1 Å². The molecule has 1 N–H and O–H groups in total. The third-order valence-electron chi connectivity index (χ3n) is 4.87. The predicted molar refractivity (Wildman–Crippen MR) is 119 cm³/mol. The lowest BCUT2D eigenvalue weighted by atomic mass is 10.0. The Morgan fingerprint density at radius 1 is 1.17 bits per heavy atom. The maximum atomic E-state index is 13.2. The van der Waals surface area contributed by atoms with Gasteiger partial charge in [-0.25, -0.2) is 4.39 Å². The van der Waals surface area contributed by atoms with Crippen LogP contribution in [-0.4, -0.2) is 36.4 Å². The van der Waals surface area contributed by atoms with Crippen molar-refractivity contribution in [2.45, 2.75) is 45.7 Å². The molecule has 162 valence electrons. The van der Waals surface area contributed by atoms with Crippen LogP contribution in [0.2, 0.25) is 0 Å². The van der Waals surface area contributed by atoms with Gasteiger partial charge in [0.25, 0.3) is 5.91 Å². The molecule has 0 fully saturated rings. The largest absolute Gasteiger partial charge is 0.483 e. The average molecular weight is 479 g/mol. The molecule has 0 aliphatic heterocycles. The molecule has 2 aromatic carbocycles. The average Bonchev–Trinajstić information content (AvgIpc) is 2.73. The fourth-order valence-electron chi connectivity index (χ4n) is 3.09. The van der Waals surface area contributed by atoms with Crippen LogP contribution in [0.3, 0.4) is 0 Å². The maximum Gasteiger partial charge on any atom is 0.261 e. The van der Waals surface area contributed by atoms with Crippen LogP contribution < -0.4 is 10.1 Å². The maximum absolute atomic E-state index is 13.2. The summed E-state index contributed by atoms with van der Waals surface area (Å²) in [6.45, 7) is 6.01. The number of ether oxygens (including phenoxy) is 1. The lowest BCUT2D eigenvalue weighted by Crippen LogP contribution is -2.49. The smallest absolute Gasteiger partial charge is 0.261 e. The quantitative estimate of drug-likeness (QED) is 0.570. The summed E-state index contributed by atoms with van der Waals surface area (Å²) < 4.78 is 19.8. The molecule has 0 bridgehead atoms. The third-order valence-corrected chi connectivity index (χ3v) is 5.49. The molecule has 2 rings (SSSR count). The number of amides is 2. The molecule has 1 unspecified atom stereocenters. The minimum absolute atomic E-state index is 0.182. The lowest BCUT2D eigenvalue weighted by molar-refractivity contribution is -0.142. The van der Waals surface area contributed by atoms with Crippen LogP contribution in [0.25, 0.3) is 0 Å². The minimum Gasteiger partial charge on any atom is -0.483 e. The second-order valence-electron chi connectivity index (χ2n) is 7.32. The summed E-state index contributed by atoms with van der Waals surface area (Å²) in [6.07, 6.45) is 0.444. The molecule has 0 heterocycles. The number of carbonyl (C=O) groups is 2. The standard InChI is InChI=1S/C23H28BrFN2O3/c1-5-20(23(29)26-4)27(13-16-6-9-18(25)10-7-16)22(28)14-30-21-11-8-17(15(2)3)12-19(21)24/h6-12,15,20H,5,13-14H2,1-4H3,(H,26,29). The molecule has 5 nitrogen and oxygen atoms in total. The lowest BCUT2D eigenvalue weighted by Gasteiger charge is -2.30. The summed E-state index contributed by atoms with van der Waals surface area (Å²) in [7, 11) is 1.54. The van der Waals surface area contributed by atoms with Crippen molar-refractivity contribution in [1.82, 2.24) is 10.2 Å². The number of hydrogen-bond acceptors (Lipinski definition) is 3. The molecule has 0 saturated carbocycles. The highest BCUT2D eigenvalue weighted by Gasteiger charge is 2.28. The topological polar surface area (TPSA) is 58.6 Å². The molecule has 7 heteroatoms. The van der Waals surface area contributed by atoms with Crippen LogP contribution in [0, 0.1) is 5.82 Å². The first kappa shape index (κ1) is 23.9. The molecule has 0 aliphatic carbocycles. The van der Waals surface area contributed by atoms with Crippen molar-refractivity contribution in [3.63, 3.8) is 0 Å². The number of nitrogens with one attached hydrogen (secondary N) is 1.